The number of ether oxygens (including phenoxy) is 2. The molecule has 0 aromatic heterocycles. The molecular formula is C23H27N3O5. The Labute approximate surface area is 181 Å². The molecule has 0 bridgehead atoms. The standard InChI is InChI=1S/C23H27N3O5/c1-3-31-23(29)26-14-12-25(13-15-26)22(28)19-6-4-5-7-20(19)24-21(27)16-17-8-10-18(30-2)11-9-17/h4-11H,3,12-16H2,1-2H3,(H,24,27). The second-order valence-corrected chi connectivity index (χ2v) is 7.10. The summed E-state index contributed by atoms with van der Waals surface area (Å²) >= 11 is 0. The van der Waals surface area contributed by atoms with Gasteiger partial charge in [-0.3, -0.25) is 9.59 Å². The average Bonchev–Trinajstić information content (AvgIpc) is 2.79. The minimum Gasteiger partial charge on any atom is -0.497 e. The van der Waals surface area contributed by atoms with E-state index in [0.717, 1.165) is 11.3 Å². The van der Waals surface area contributed by atoms with Gasteiger partial charge in [-0.15, -0.1) is 0 Å². The van der Waals surface area contributed by atoms with Crippen LogP contribution in [0.3, 0.4) is 0 Å². The van der Waals surface area contributed by atoms with Gasteiger partial charge in [0.1, 0.15) is 5.75 Å². The summed E-state index contributed by atoms with van der Waals surface area (Å²) in [6, 6.07) is 14.2. The first-order valence-electron chi connectivity index (χ1n) is 10.2. The van der Waals surface area contributed by atoms with Gasteiger partial charge in [-0.2, -0.15) is 0 Å². The third-order valence-electron chi connectivity index (χ3n) is 5.05. The van der Waals surface area contributed by atoms with Crippen LogP contribution in [-0.4, -0.2) is 67.6 Å². The summed E-state index contributed by atoms with van der Waals surface area (Å²) < 4.78 is 10.1. The van der Waals surface area contributed by atoms with E-state index in [1.165, 1.54) is 0 Å². The Hall–Kier alpha value is -3.55. The van der Waals surface area contributed by atoms with Gasteiger partial charge >= 0.3 is 6.09 Å². The van der Waals surface area contributed by atoms with Crippen LogP contribution in [0.25, 0.3) is 0 Å². The highest BCUT2D eigenvalue weighted by Crippen LogP contribution is 2.19. The molecule has 8 heteroatoms. The zero-order valence-corrected chi connectivity index (χ0v) is 17.8. The third kappa shape index (κ3) is 5.75. The highest BCUT2D eigenvalue weighted by Gasteiger charge is 2.26. The molecule has 2 aromatic rings. The number of benzene rings is 2. The Bertz CT molecular complexity index is 921. The maximum Gasteiger partial charge on any atom is 0.409 e. The molecule has 1 heterocycles. The number of amides is 3. The molecule has 1 saturated heterocycles. The molecule has 0 saturated carbocycles. The lowest BCUT2D eigenvalue weighted by atomic mass is 10.1. The zero-order valence-electron chi connectivity index (χ0n) is 17.8. The van der Waals surface area contributed by atoms with Gasteiger partial charge in [-0.1, -0.05) is 24.3 Å². The van der Waals surface area contributed by atoms with Crippen LogP contribution in [-0.2, 0) is 16.0 Å². The van der Waals surface area contributed by atoms with Crippen molar-refractivity contribution in [1.29, 1.82) is 0 Å². The summed E-state index contributed by atoms with van der Waals surface area (Å²) in [7, 11) is 1.59. The molecule has 1 aliphatic rings. The lowest BCUT2D eigenvalue weighted by Gasteiger charge is -2.34. The molecule has 0 atom stereocenters. The smallest absolute Gasteiger partial charge is 0.409 e. The number of anilines is 1. The monoisotopic (exact) mass is 425 g/mol. The highest BCUT2D eigenvalue weighted by atomic mass is 16.6. The minimum absolute atomic E-state index is 0.177. The summed E-state index contributed by atoms with van der Waals surface area (Å²) in [4.78, 5) is 40.7. The number of methoxy groups -OCH3 is 1. The van der Waals surface area contributed by atoms with E-state index in [1.54, 1.807) is 60.2 Å². The number of carbonyl (C=O) groups excluding carboxylic acids is 3. The molecule has 31 heavy (non-hydrogen) atoms. The van der Waals surface area contributed by atoms with E-state index in [-0.39, 0.29) is 24.3 Å². The number of nitrogens with zero attached hydrogens (tertiary/aromatic N) is 2. The van der Waals surface area contributed by atoms with Crippen molar-refractivity contribution in [3.63, 3.8) is 0 Å². The van der Waals surface area contributed by atoms with Gasteiger partial charge in [0.15, 0.2) is 0 Å². The normalized spacial score (nSPS) is 13.5. The Morgan fingerprint density at radius 1 is 0.935 bits per heavy atom. The largest absolute Gasteiger partial charge is 0.497 e. The zero-order chi connectivity index (χ0) is 22.2. The molecule has 1 fully saturated rings. The van der Waals surface area contributed by atoms with Crippen LogP contribution < -0.4 is 10.1 Å². The van der Waals surface area contributed by atoms with E-state index in [1.807, 2.05) is 12.1 Å². The third-order valence-corrected chi connectivity index (χ3v) is 5.05. The van der Waals surface area contributed by atoms with E-state index >= 15 is 0 Å². The Morgan fingerprint density at radius 2 is 1.58 bits per heavy atom. The van der Waals surface area contributed by atoms with Gasteiger partial charge in [0.25, 0.3) is 5.91 Å². The number of nitrogens with one attached hydrogen (secondary N) is 1. The summed E-state index contributed by atoms with van der Waals surface area (Å²) in [5.74, 6) is 0.338. The number of hydrogen-bond acceptors (Lipinski definition) is 5. The highest BCUT2D eigenvalue weighted by molar-refractivity contribution is 6.04. The first kappa shape index (κ1) is 22.1. The van der Waals surface area contributed by atoms with Crippen LogP contribution >= 0.6 is 0 Å². The number of hydrogen-bond donors (Lipinski definition) is 1. The fourth-order valence-electron chi connectivity index (χ4n) is 3.38. The van der Waals surface area contributed by atoms with E-state index < -0.39 is 0 Å². The number of carbonyl (C=O) groups is 3. The van der Waals surface area contributed by atoms with Gasteiger partial charge in [0.05, 0.1) is 31.4 Å². The molecule has 0 unspecified atom stereocenters. The van der Waals surface area contributed by atoms with Gasteiger partial charge in [-0.05, 0) is 36.8 Å². The van der Waals surface area contributed by atoms with Crippen molar-refractivity contribution in [1.82, 2.24) is 9.80 Å². The lowest BCUT2D eigenvalue weighted by Crippen LogP contribution is -2.50. The molecule has 0 aliphatic carbocycles. The minimum atomic E-state index is -0.360. The topological polar surface area (TPSA) is 88.2 Å². The van der Waals surface area contributed by atoms with Crippen molar-refractivity contribution in [3.8, 4) is 5.75 Å². The Morgan fingerprint density at radius 3 is 2.23 bits per heavy atom. The SMILES string of the molecule is CCOC(=O)N1CCN(C(=O)c2ccccc2NC(=O)Cc2ccc(OC)cc2)CC1. The predicted octanol–water partition coefficient (Wildman–Crippen LogP) is 2.79. The van der Waals surface area contributed by atoms with E-state index in [4.69, 9.17) is 9.47 Å². The van der Waals surface area contributed by atoms with Crippen molar-refractivity contribution >= 4 is 23.6 Å². The van der Waals surface area contributed by atoms with Gasteiger partial charge in [-0.25, -0.2) is 4.79 Å². The molecule has 8 nitrogen and oxygen atoms in total. The fraction of sp³-hybridized carbons (Fsp3) is 0.348. The molecular weight excluding hydrogens is 398 g/mol. The quantitative estimate of drug-likeness (QED) is 0.769. The van der Waals surface area contributed by atoms with E-state index in [0.29, 0.717) is 44.0 Å². The van der Waals surface area contributed by atoms with Crippen LogP contribution in [0.4, 0.5) is 10.5 Å². The van der Waals surface area contributed by atoms with Crippen molar-refractivity contribution < 1.29 is 23.9 Å². The van der Waals surface area contributed by atoms with Gasteiger partial charge in [0, 0.05) is 26.2 Å². The Kier molecular flexibility index (Phi) is 7.48. The van der Waals surface area contributed by atoms with Crippen LogP contribution in [0.2, 0.25) is 0 Å². The first-order chi connectivity index (χ1) is 15.0. The predicted molar refractivity (Wildman–Crippen MR) is 116 cm³/mol. The van der Waals surface area contributed by atoms with Crippen LogP contribution in [0.15, 0.2) is 48.5 Å². The van der Waals surface area contributed by atoms with Crippen molar-refractivity contribution in [2.24, 2.45) is 0 Å². The molecule has 2 aromatic carbocycles. The van der Waals surface area contributed by atoms with Gasteiger partial charge in [0.2, 0.25) is 5.91 Å². The van der Waals surface area contributed by atoms with Crippen molar-refractivity contribution in [3.05, 3.63) is 59.7 Å². The molecule has 1 aliphatic heterocycles. The maximum atomic E-state index is 13.1. The van der Waals surface area contributed by atoms with Crippen LogP contribution in [0.1, 0.15) is 22.8 Å². The Balaban J connectivity index is 1.62. The van der Waals surface area contributed by atoms with Crippen molar-refractivity contribution in [2.75, 3.05) is 45.2 Å². The first-order valence-corrected chi connectivity index (χ1v) is 10.2. The van der Waals surface area contributed by atoms with E-state index in [9.17, 15) is 14.4 Å². The molecule has 0 radical (unpaired) electrons. The lowest BCUT2D eigenvalue weighted by molar-refractivity contribution is -0.115. The van der Waals surface area contributed by atoms with Crippen molar-refractivity contribution in [2.45, 2.75) is 13.3 Å². The number of para-hydroxylation sites is 1. The van der Waals surface area contributed by atoms with Gasteiger partial charge < -0.3 is 24.6 Å². The fourth-order valence-corrected chi connectivity index (χ4v) is 3.38. The van der Waals surface area contributed by atoms with Crippen LogP contribution in [0, 0.1) is 0 Å². The maximum absolute atomic E-state index is 13.1. The average molecular weight is 425 g/mol. The van der Waals surface area contributed by atoms with E-state index in [2.05, 4.69) is 5.32 Å². The molecule has 3 amide bonds. The second kappa shape index (κ2) is 10.5. The number of rotatable bonds is 6. The molecule has 164 valence electrons. The molecule has 0 spiro atoms. The number of piperazine rings is 1. The summed E-state index contributed by atoms with van der Waals surface area (Å²) in [6.07, 6.45) is -0.175. The van der Waals surface area contributed by atoms with Crippen LogP contribution in [0.5, 0.6) is 5.75 Å². The second-order valence-electron chi connectivity index (χ2n) is 7.10. The molecule has 1 N–H and O–H groups in total. The summed E-state index contributed by atoms with van der Waals surface area (Å²) in [6.45, 7) is 3.73. The summed E-state index contributed by atoms with van der Waals surface area (Å²) in [5, 5.41) is 2.85. The molecule has 3 rings (SSSR count). The summed E-state index contributed by atoms with van der Waals surface area (Å²) in [5.41, 5.74) is 1.74.